The molecular formula is C13H18O5. The second-order valence-electron chi connectivity index (χ2n) is 4.18. The molecule has 0 aliphatic rings. The van der Waals surface area contributed by atoms with Crippen LogP contribution in [-0.2, 0) is 4.79 Å². The Bertz CT molecular complexity index is 398. The summed E-state index contributed by atoms with van der Waals surface area (Å²) >= 11 is 0. The van der Waals surface area contributed by atoms with E-state index in [9.17, 15) is 4.79 Å². The van der Waals surface area contributed by atoms with Crippen molar-refractivity contribution in [1.29, 1.82) is 0 Å². The van der Waals surface area contributed by atoms with E-state index in [2.05, 4.69) is 0 Å². The SMILES string of the molecule is CC[C@@](C)(Oc1ccc(O[C@H](C)O)cc1)C(=O)O. The molecule has 0 bridgehead atoms. The van der Waals surface area contributed by atoms with Crippen LogP contribution < -0.4 is 9.47 Å². The van der Waals surface area contributed by atoms with E-state index < -0.39 is 17.9 Å². The Kier molecular flexibility index (Phi) is 4.55. The quantitative estimate of drug-likeness (QED) is 0.760. The third kappa shape index (κ3) is 3.63. The van der Waals surface area contributed by atoms with Crippen molar-refractivity contribution < 1.29 is 24.5 Å². The van der Waals surface area contributed by atoms with Gasteiger partial charge in [-0.25, -0.2) is 4.79 Å². The first-order valence-electron chi connectivity index (χ1n) is 5.74. The summed E-state index contributed by atoms with van der Waals surface area (Å²) in [5.41, 5.74) is -1.24. The maximum absolute atomic E-state index is 11.1. The Hall–Kier alpha value is -1.75. The predicted octanol–water partition coefficient (Wildman–Crippen LogP) is 2.04. The molecule has 5 nitrogen and oxygen atoms in total. The molecule has 0 saturated heterocycles. The third-order valence-corrected chi connectivity index (χ3v) is 2.60. The summed E-state index contributed by atoms with van der Waals surface area (Å²) in [6.07, 6.45) is -0.537. The third-order valence-electron chi connectivity index (χ3n) is 2.60. The van der Waals surface area contributed by atoms with Gasteiger partial charge in [-0.1, -0.05) is 6.92 Å². The zero-order chi connectivity index (χ0) is 13.8. The first-order chi connectivity index (χ1) is 8.37. The van der Waals surface area contributed by atoms with Gasteiger partial charge in [-0.3, -0.25) is 0 Å². The van der Waals surface area contributed by atoms with Gasteiger partial charge in [-0.15, -0.1) is 0 Å². The predicted molar refractivity (Wildman–Crippen MR) is 65.7 cm³/mol. The maximum Gasteiger partial charge on any atom is 0.347 e. The fraction of sp³-hybridized carbons (Fsp3) is 0.462. The highest BCUT2D eigenvalue weighted by Gasteiger charge is 2.33. The molecule has 0 heterocycles. The van der Waals surface area contributed by atoms with Crippen LogP contribution in [0.4, 0.5) is 0 Å². The second-order valence-corrected chi connectivity index (χ2v) is 4.18. The van der Waals surface area contributed by atoms with Gasteiger partial charge >= 0.3 is 5.97 Å². The van der Waals surface area contributed by atoms with Crippen molar-refractivity contribution in [1.82, 2.24) is 0 Å². The van der Waals surface area contributed by atoms with Gasteiger partial charge in [0.15, 0.2) is 6.29 Å². The summed E-state index contributed by atoms with van der Waals surface area (Å²) in [7, 11) is 0. The summed E-state index contributed by atoms with van der Waals surface area (Å²) in [5, 5.41) is 18.1. The van der Waals surface area contributed by atoms with Crippen LogP contribution in [0.15, 0.2) is 24.3 Å². The Labute approximate surface area is 106 Å². The standard InChI is InChI=1S/C13H18O5/c1-4-13(3,12(15)16)18-11-7-5-10(6-8-11)17-9(2)14/h5-9,14H,4H2,1-3H3,(H,15,16)/t9-,13-/m1/s1. The molecule has 18 heavy (non-hydrogen) atoms. The van der Waals surface area contributed by atoms with Crippen LogP contribution in [0.25, 0.3) is 0 Å². The van der Waals surface area contributed by atoms with E-state index in [1.807, 2.05) is 0 Å². The fourth-order valence-electron chi connectivity index (χ4n) is 1.31. The first kappa shape index (κ1) is 14.3. The van der Waals surface area contributed by atoms with Crippen molar-refractivity contribution in [2.45, 2.75) is 39.1 Å². The van der Waals surface area contributed by atoms with Crippen LogP contribution in [0.1, 0.15) is 27.2 Å². The van der Waals surface area contributed by atoms with Crippen LogP contribution in [0, 0.1) is 0 Å². The molecule has 1 rings (SSSR count). The molecule has 0 unspecified atom stereocenters. The zero-order valence-corrected chi connectivity index (χ0v) is 10.7. The van der Waals surface area contributed by atoms with E-state index in [1.165, 1.54) is 13.8 Å². The summed E-state index contributed by atoms with van der Waals surface area (Å²) in [5.74, 6) is -0.0696. The van der Waals surface area contributed by atoms with Crippen LogP contribution >= 0.6 is 0 Å². The molecule has 100 valence electrons. The summed E-state index contributed by atoms with van der Waals surface area (Å²) in [6, 6.07) is 6.43. The number of aliphatic carboxylic acids is 1. The molecule has 1 aromatic carbocycles. The summed E-state index contributed by atoms with van der Waals surface area (Å²) in [4.78, 5) is 11.1. The van der Waals surface area contributed by atoms with E-state index in [0.29, 0.717) is 17.9 Å². The van der Waals surface area contributed by atoms with Gasteiger partial charge in [0, 0.05) is 0 Å². The molecule has 0 aliphatic heterocycles. The number of hydrogen-bond donors (Lipinski definition) is 2. The molecule has 5 heteroatoms. The Morgan fingerprint density at radius 2 is 1.83 bits per heavy atom. The number of carboxylic acids is 1. The molecule has 1 aromatic rings. The van der Waals surface area contributed by atoms with Crippen molar-refractivity contribution in [3.05, 3.63) is 24.3 Å². The number of ether oxygens (including phenoxy) is 2. The van der Waals surface area contributed by atoms with Crippen molar-refractivity contribution in [2.75, 3.05) is 0 Å². The van der Waals surface area contributed by atoms with Crippen LogP contribution in [0.3, 0.4) is 0 Å². The molecule has 0 saturated carbocycles. The van der Waals surface area contributed by atoms with Gasteiger partial charge in [0.05, 0.1) is 0 Å². The largest absolute Gasteiger partial charge is 0.478 e. The minimum Gasteiger partial charge on any atom is -0.478 e. The van der Waals surface area contributed by atoms with E-state index in [0.717, 1.165) is 0 Å². The number of benzene rings is 1. The van der Waals surface area contributed by atoms with Gasteiger partial charge in [0.1, 0.15) is 11.5 Å². The molecule has 0 amide bonds. The second kappa shape index (κ2) is 5.73. The Morgan fingerprint density at radius 3 is 2.22 bits per heavy atom. The average Bonchev–Trinajstić information content (AvgIpc) is 2.30. The van der Waals surface area contributed by atoms with Crippen molar-refractivity contribution >= 4 is 5.97 Å². The van der Waals surface area contributed by atoms with Crippen molar-refractivity contribution in [3.8, 4) is 11.5 Å². The highest BCUT2D eigenvalue weighted by atomic mass is 16.6. The van der Waals surface area contributed by atoms with E-state index in [4.69, 9.17) is 19.7 Å². The van der Waals surface area contributed by atoms with Gasteiger partial charge in [0.25, 0.3) is 0 Å². The first-order valence-corrected chi connectivity index (χ1v) is 5.74. The molecule has 0 aromatic heterocycles. The average molecular weight is 254 g/mol. The summed E-state index contributed by atoms with van der Waals surface area (Å²) in [6.45, 7) is 4.78. The molecule has 0 spiro atoms. The monoisotopic (exact) mass is 254 g/mol. The lowest BCUT2D eigenvalue weighted by Gasteiger charge is -2.24. The topological polar surface area (TPSA) is 76.0 Å². The van der Waals surface area contributed by atoms with E-state index >= 15 is 0 Å². The highest BCUT2D eigenvalue weighted by molar-refractivity contribution is 5.77. The molecule has 2 atom stereocenters. The van der Waals surface area contributed by atoms with E-state index in [-0.39, 0.29) is 0 Å². The minimum atomic E-state index is -1.24. The van der Waals surface area contributed by atoms with Crippen LogP contribution in [-0.4, -0.2) is 28.1 Å². The number of aliphatic hydroxyl groups is 1. The molecule has 0 aliphatic carbocycles. The lowest BCUT2D eigenvalue weighted by Crippen LogP contribution is -2.40. The number of aliphatic hydroxyl groups excluding tert-OH is 1. The lowest BCUT2D eigenvalue weighted by atomic mass is 10.0. The normalized spacial score (nSPS) is 15.6. The van der Waals surface area contributed by atoms with Crippen molar-refractivity contribution in [2.24, 2.45) is 0 Å². The van der Waals surface area contributed by atoms with Crippen LogP contribution in [0.2, 0.25) is 0 Å². The van der Waals surface area contributed by atoms with Gasteiger partial charge in [-0.05, 0) is 44.5 Å². The maximum atomic E-state index is 11.1. The number of rotatable bonds is 6. The number of carboxylic acid groups (broad SMARTS) is 1. The highest BCUT2D eigenvalue weighted by Crippen LogP contribution is 2.24. The zero-order valence-electron chi connectivity index (χ0n) is 10.7. The van der Waals surface area contributed by atoms with Gasteiger partial charge < -0.3 is 19.7 Å². The Morgan fingerprint density at radius 1 is 1.33 bits per heavy atom. The summed E-state index contributed by atoms with van der Waals surface area (Å²) < 4.78 is 10.5. The molecular weight excluding hydrogens is 236 g/mol. The smallest absolute Gasteiger partial charge is 0.347 e. The van der Waals surface area contributed by atoms with Gasteiger partial charge in [-0.2, -0.15) is 0 Å². The van der Waals surface area contributed by atoms with Crippen LogP contribution in [0.5, 0.6) is 11.5 Å². The molecule has 2 N–H and O–H groups in total. The minimum absolute atomic E-state index is 0.355. The lowest BCUT2D eigenvalue weighted by molar-refractivity contribution is -0.154. The number of carbonyl (C=O) groups is 1. The fourth-order valence-corrected chi connectivity index (χ4v) is 1.31. The number of hydrogen-bond acceptors (Lipinski definition) is 4. The van der Waals surface area contributed by atoms with Gasteiger partial charge in [0.2, 0.25) is 5.60 Å². The Balaban J connectivity index is 2.77. The van der Waals surface area contributed by atoms with E-state index in [1.54, 1.807) is 31.2 Å². The van der Waals surface area contributed by atoms with Crippen molar-refractivity contribution in [3.63, 3.8) is 0 Å². The molecule has 0 radical (unpaired) electrons. The molecule has 0 fully saturated rings.